The van der Waals surface area contributed by atoms with E-state index < -0.39 is 17.7 Å². The van der Waals surface area contributed by atoms with Crippen LogP contribution in [0.3, 0.4) is 0 Å². The topological polar surface area (TPSA) is 72.6 Å². The normalized spacial score (nSPS) is 19.5. The predicted molar refractivity (Wildman–Crippen MR) is 66.8 cm³/mol. The molecule has 0 aromatic carbocycles. The lowest BCUT2D eigenvalue weighted by molar-refractivity contribution is 0.0218. The van der Waals surface area contributed by atoms with Crippen molar-refractivity contribution in [3.8, 4) is 0 Å². The number of ketones is 1. The molecule has 0 N–H and O–H groups in total. The third-order valence-corrected chi connectivity index (χ3v) is 2.83. The second kappa shape index (κ2) is 5.03. The van der Waals surface area contributed by atoms with Crippen LogP contribution in [-0.2, 0) is 4.74 Å². The number of likely N-dealkylation sites (tertiary alicyclic amines) is 1. The molecule has 1 atom stereocenters. The molecule has 1 aliphatic rings. The quantitative estimate of drug-likeness (QED) is 0.768. The molecule has 1 aliphatic heterocycles. The Kier molecular flexibility index (Phi) is 3.59. The number of rotatable bonds is 2. The Bertz CT molecular complexity index is 461. The van der Waals surface area contributed by atoms with Crippen molar-refractivity contribution in [1.29, 1.82) is 0 Å². The second-order valence-electron chi connectivity index (χ2n) is 5.53. The Hall–Kier alpha value is -1.85. The molecule has 0 bridgehead atoms. The van der Waals surface area contributed by atoms with E-state index in [4.69, 9.17) is 9.15 Å². The van der Waals surface area contributed by atoms with Crippen molar-refractivity contribution in [2.24, 2.45) is 0 Å². The first-order valence-electron chi connectivity index (χ1n) is 6.32. The van der Waals surface area contributed by atoms with Crippen LogP contribution >= 0.6 is 0 Å². The monoisotopic (exact) mass is 266 g/mol. The molecule has 1 amide bonds. The minimum atomic E-state index is -0.573. The molecule has 0 saturated carbocycles. The highest BCUT2D eigenvalue weighted by Crippen LogP contribution is 2.23. The number of aromatic nitrogens is 1. The number of nitrogens with zero attached hydrogens (tertiary/aromatic N) is 2. The summed E-state index contributed by atoms with van der Waals surface area (Å²) >= 11 is 0. The highest BCUT2D eigenvalue weighted by molar-refractivity contribution is 5.98. The van der Waals surface area contributed by atoms with Gasteiger partial charge in [-0.25, -0.2) is 9.78 Å². The summed E-state index contributed by atoms with van der Waals surface area (Å²) in [7, 11) is 0. The van der Waals surface area contributed by atoms with E-state index in [1.807, 2.05) is 0 Å². The lowest BCUT2D eigenvalue weighted by atomic mass is 10.1. The minimum Gasteiger partial charge on any atom is -0.444 e. The average Bonchev–Trinajstić information content (AvgIpc) is 2.97. The maximum Gasteiger partial charge on any atom is 0.410 e. The molecule has 1 unspecified atom stereocenters. The summed E-state index contributed by atoms with van der Waals surface area (Å²) in [5.74, 6) is -0.228. The summed E-state index contributed by atoms with van der Waals surface area (Å²) in [5, 5.41) is 0. The van der Waals surface area contributed by atoms with E-state index in [9.17, 15) is 9.59 Å². The zero-order valence-corrected chi connectivity index (χ0v) is 11.4. The van der Waals surface area contributed by atoms with E-state index in [0.29, 0.717) is 13.0 Å². The molecule has 1 aromatic rings. The van der Waals surface area contributed by atoms with E-state index in [-0.39, 0.29) is 11.7 Å². The maximum atomic E-state index is 12.2. The first-order chi connectivity index (χ1) is 8.88. The number of Topliss-reactive ketones (excluding diaryl/α,β-unsaturated/α-hetero) is 1. The van der Waals surface area contributed by atoms with Crippen molar-refractivity contribution >= 4 is 11.9 Å². The zero-order valence-electron chi connectivity index (χ0n) is 11.4. The van der Waals surface area contributed by atoms with Gasteiger partial charge in [0.2, 0.25) is 5.78 Å². The van der Waals surface area contributed by atoms with Crippen molar-refractivity contribution in [3.63, 3.8) is 0 Å². The van der Waals surface area contributed by atoms with Crippen LogP contribution in [0.5, 0.6) is 0 Å². The molecule has 0 aliphatic carbocycles. The number of hydrogen-bond acceptors (Lipinski definition) is 5. The third-order valence-electron chi connectivity index (χ3n) is 2.83. The number of oxazole rings is 1. The van der Waals surface area contributed by atoms with Gasteiger partial charge in [-0.15, -0.1) is 0 Å². The fourth-order valence-electron chi connectivity index (χ4n) is 2.07. The Balaban J connectivity index is 2.09. The molecule has 2 rings (SSSR count). The van der Waals surface area contributed by atoms with Gasteiger partial charge in [-0.1, -0.05) is 0 Å². The van der Waals surface area contributed by atoms with Gasteiger partial charge in [0, 0.05) is 6.54 Å². The van der Waals surface area contributed by atoms with Crippen LogP contribution in [0.1, 0.15) is 44.3 Å². The van der Waals surface area contributed by atoms with Crippen LogP contribution in [0.4, 0.5) is 4.79 Å². The van der Waals surface area contributed by atoms with Crippen LogP contribution in [0, 0.1) is 0 Å². The molecule has 104 valence electrons. The van der Waals surface area contributed by atoms with Crippen molar-refractivity contribution in [2.45, 2.75) is 45.3 Å². The second-order valence-corrected chi connectivity index (χ2v) is 5.53. The van der Waals surface area contributed by atoms with E-state index in [1.165, 1.54) is 17.4 Å². The summed E-state index contributed by atoms with van der Waals surface area (Å²) in [6.45, 7) is 5.91. The highest BCUT2D eigenvalue weighted by Gasteiger charge is 2.38. The predicted octanol–water partition coefficient (Wildman–Crippen LogP) is 2.26. The fourth-order valence-corrected chi connectivity index (χ4v) is 2.07. The number of ether oxygens (including phenoxy) is 1. The van der Waals surface area contributed by atoms with Crippen LogP contribution < -0.4 is 0 Å². The molecule has 6 heteroatoms. The Morgan fingerprint density at radius 3 is 2.79 bits per heavy atom. The lowest BCUT2D eigenvalue weighted by Crippen LogP contribution is -2.43. The van der Waals surface area contributed by atoms with Gasteiger partial charge >= 0.3 is 6.09 Å². The van der Waals surface area contributed by atoms with Crippen molar-refractivity contribution in [1.82, 2.24) is 9.88 Å². The molecular weight excluding hydrogens is 248 g/mol. The molecule has 19 heavy (non-hydrogen) atoms. The van der Waals surface area contributed by atoms with Gasteiger partial charge in [-0.05, 0) is 33.6 Å². The summed E-state index contributed by atoms with van der Waals surface area (Å²) in [6.07, 6.45) is 3.69. The van der Waals surface area contributed by atoms with E-state index >= 15 is 0 Å². The van der Waals surface area contributed by atoms with Gasteiger partial charge < -0.3 is 9.15 Å². The number of amides is 1. The molecule has 2 heterocycles. The van der Waals surface area contributed by atoms with Crippen molar-refractivity contribution in [3.05, 3.63) is 18.4 Å². The molecule has 6 nitrogen and oxygen atoms in total. The lowest BCUT2D eigenvalue weighted by Gasteiger charge is -2.27. The van der Waals surface area contributed by atoms with Gasteiger partial charge in [0.25, 0.3) is 5.89 Å². The van der Waals surface area contributed by atoms with Gasteiger partial charge in [-0.3, -0.25) is 9.69 Å². The van der Waals surface area contributed by atoms with E-state index in [2.05, 4.69) is 4.98 Å². The summed E-state index contributed by atoms with van der Waals surface area (Å²) in [5.41, 5.74) is -0.573. The Labute approximate surface area is 111 Å². The molecular formula is C13H18N2O4. The summed E-state index contributed by atoms with van der Waals surface area (Å²) < 4.78 is 10.3. The first-order valence-corrected chi connectivity index (χ1v) is 6.32. The van der Waals surface area contributed by atoms with Gasteiger partial charge in [0.05, 0.1) is 6.20 Å². The smallest absolute Gasteiger partial charge is 0.410 e. The number of carbonyl (C=O) groups excluding carboxylic acids is 2. The third kappa shape index (κ3) is 3.13. The summed E-state index contributed by atoms with van der Waals surface area (Å²) in [6, 6.07) is -0.534. The minimum absolute atomic E-state index is 0.0421. The first kappa shape index (κ1) is 13.6. The summed E-state index contributed by atoms with van der Waals surface area (Å²) in [4.78, 5) is 29.5. The van der Waals surface area contributed by atoms with E-state index in [0.717, 1.165) is 6.42 Å². The van der Waals surface area contributed by atoms with Gasteiger partial charge in [-0.2, -0.15) is 0 Å². The average molecular weight is 266 g/mol. The molecule has 0 spiro atoms. The number of hydrogen-bond donors (Lipinski definition) is 0. The molecule has 1 fully saturated rings. The molecule has 0 radical (unpaired) electrons. The number of carbonyl (C=O) groups is 2. The van der Waals surface area contributed by atoms with Crippen LogP contribution in [-0.4, -0.2) is 39.9 Å². The molecule has 1 saturated heterocycles. The standard InChI is InChI=1S/C13H18N2O4/c1-13(2,3)19-12(17)15-7-4-5-9(15)10(16)11-14-6-8-18-11/h6,8-9H,4-5,7H2,1-3H3. The largest absolute Gasteiger partial charge is 0.444 e. The van der Waals surface area contributed by atoms with Gasteiger partial charge in [0.1, 0.15) is 17.9 Å². The Morgan fingerprint density at radius 1 is 1.47 bits per heavy atom. The van der Waals surface area contributed by atoms with Crippen LogP contribution in [0.25, 0.3) is 0 Å². The van der Waals surface area contributed by atoms with Crippen molar-refractivity contribution < 1.29 is 18.7 Å². The maximum absolute atomic E-state index is 12.2. The Morgan fingerprint density at radius 2 is 2.21 bits per heavy atom. The highest BCUT2D eigenvalue weighted by atomic mass is 16.6. The van der Waals surface area contributed by atoms with E-state index in [1.54, 1.807) is 20.8 Å². The van der Waals surface area contributed by atoms with Crippen LogP contribution in [0.2, 0.25) is 0 Å². The van der Waals surface area contributed by atoms with Crippen LogP contribution in [0.15, 0.2) is 16.9 Å². The van der Waals surface area contributed by atoms with Crippen molar-refractivity contribution in [2.75, 3.05) is 6.54 Å². The molecule has 1 aromatic heterocycles. The fraction of sp³-hybridized carbons (Fsp3) is 0.615. The SMILES string of the molecule is CC(C)(C)OC(=O)N1CCCC1C(=O)c1ncco1. The zero-order chi connectivity index (χ0) is 14.0. The van der Waals surface area contributed by atoms with Gasteiger partial charge in [0.15, 0.2) is 0 Å².